The first kappa shape index (κ1) is 35.2. The van der Waals surface area contributed by atoms with E-state index in [0.29, 0.717) is 24.6 Å². The number of aryl methyl sites for hydroxylation is 2. The van der Waals surface area contributed by atoms with E-state index < -0.39 is 34.4 Å². The second-order valence-electron chi connectivity index (χ2n) is 10.2. The fourth-order valence-corrected chi connectivity index (χ4v) is 6.41. The van der Waals surface area contributed by atoms with Gasteiger partial charge in [0.25, 0.3) is 6.47 Å². The summed E-state index contributed by atoms with van der Waals surface area (Å²) in [6.45, 7) is 5.32. The molecule has 1 N–H and O–H groups in total. The van der Waals surface area contributed by atoms with Crippen molar-refractivity contribution in [3.63, 3.8) is 0 Å². The van der Waals surface area contributed by atoms with E-state index in [2.05, 4.69) is 13.8 Å². The molecule has 5 nitrogen and oxygen atoms in total. The van der Waals surface area contributed by atoms with Crippen LogP contribution >= 0.6 is 0 Å². The molecule has 2 atom stereocenters. The highest BCUT2D eigenvalue weighted by Crippen LogP contribution is 2.53. The van der Waals surface area contributed by atoms with Crippen LogP contribution < -0.4 is 0 Å². The van der Waals surface area contributed by atoms with Gasteiger partial charge >= 0.3 is 18.0 Å². The van der Waals surface area contributed by atoms with Crippen molar-refractivity contribution in [3.05, 3.63) is 65.2 Å². The number of hydrogen-bond donors (Lipinski definition) is 1. The molecule has 4 rings (SSSR count). The fourth-order valence-electron chi connectivity index (χ4n) is 4.90. The van der Waals surface area contributed by atoms with Crippen LogP contribution in [-0.2, 0) is 26.1 Å². The number of rotatable bonds is 4. The summed E-state index contributed by atoms with van der Waals surface area (Å²) < 4.78 is 99.3. The van der Waals surface area contributed by atoms with Crippen molar-refractivity contribution in [2.75, 3.05) is 13.1 Å². The normalized spacial score (nSPS) is 18.7. The molecule has 2 aromatic rings. The molecule has 2 aliphatic rings. The first-order chi connectivity index (χ1) is 19.6. The number of carboxylic acid groups (broad SMARTS) is 1. The number of carbonyl (C=O) groups excluding carboxylic acids is 1. The van der Waals surface area contributed by atoms with E-state index in [0.717, 1.165) is 42.8 Å². The summed E-state index contributed by atoms with van der Waals surface area (Å²) in [5, 5.41) is 6.98. The molecule has 1 saturated carbocycles. The minimum atomic E-state index is -6.05. The number of nitrogens with zero attached hydrogens (tertiary/aromatic N) is 1. The Bertz CT molecular complexity index is 1180. The monoisotopic (exact) mass is 625 g/mol. The molecule has 42 heavy (non-hydrogen) atoms. The van der Waals surface area contributed by atoms with Gasteiger partial charge in [-0.05, 0) is 56.4 Å². The average molecular weight is 626 g/mol. The van der Waals surface area contributed by atoms with Crippen LogP contribution in [0.4, 0.5) is 30.7 Å². The van der Waals surface area contributed by atoms with Gasteiger partial charge < -0.3 is 10.0 Å². The first-order valence-electron chi connectivity index (χ1n) is 13.3. The van der Waals surface area contributed by atoms with Crippen LogP contribution in [-0.4, -0.2) is 57.3 Å². The molecule has 1 aliphatic heterocycles. The number of amides is 1. The van der Waals surface area contributed by atoms with Crippen molar-refractivity contribution in [1.29, 1.82) is 0 Å². The van der Waals surface area contributed by atoms with Gasteiger partial charge in [0.1, 0.15) is 0 Å². The van der Waals surface area contributed by atoms with Crippen LogP contribution in [0.2, 0.25) is 0 Å². The molecule has 1 amide bonds. The summed E-state index contributed by atoms with van der Waals surface area (Å²) in [6, 6.07) is 9.95. The summed E-state index contributed by atoms with van der Waals surface area (Å²) >= 11 is 0. The van der Waals surface area contributed by atoms with Gasteiger partial charge in [0.15, 0.2) is 0 Å². The lowest BCUT2D eigenvalue weighted by Crippen LogP contribution is -2.50. The average Bonchev–Trinajstić information content (AvgIpc) is 3.44. The third kappa shape index (κ3) is 8.54. The lowest BCUT2D eigenvalue weighted by atomic mass is 9.88. The van der Waals surface area contributed by atoms with Crippen molar-refractivity contribution < 1.29 is 49.6 Å². The van der Waals surface area contributed by atoms with Crippen LogP contribution in [0.3, 0.4) is 0 Å². The van der Waals surface area contributed by atoms with E-state index in [-0.39, 0.29) is 17.6 Å². The molecule has 0 radical (unpaired) electrons. The smallest absolute Gasteiger partial charge is 0.435 e. The standard InChI is InChI=1S/C19H27NO2S.C9H5F7.CH2O2/c1-14-8-9-17(12-15(14)2)23(22)18-10-11-20(13-18)19(21)16-6-4-3-5-7-16;10-7(8(11,12)13,9(14,15)16)6-4-2-1-3-5-6;2-1-3/h8-9,12,16,18H,3-7,10-11,13H2,1-2H3;1-5H;1H,(H,2,3). The zero-order valence-corrected chi connectivity index (χ0v) is 24.0. The Labute approximate surface area is 242 Å². The Hall–Kier alpha value is -2.96. The van der Waals surface area contributed by atoms with E-state index in [1.54, 1.807) is 0 Å². The largest absolute Gasteiger partial charge is 0.483 e. The van der Waals surface area contributed by atoms with E-state index in [1.807, 2.05) is 23.1 Å². The summed E-state index contributed by atoms with van der Waals surface area (Å²) in [5.41, 5.74) is -4.40. The van der Waals surface area contributed by atoms with Crippen LogP contribution in [0.25, 0.3) is 0 Å². The SMILES string of the molecule is Cc1ccc(S(=O)C2CCN(C(=O)C3CCCCC3)C2)cc1C.FC(F)(F)C(F)(c1ccccc1)C(F)(F)F.O=CO. The van der Waals surface area contributed by atoms with Gasteiger partial charge in [-0.3, -0.25) is 13.8 Å². The minimum Gasteiger partial charge on any atom is -0.483 e. The third-order valence-electron chi connectivity index (χ3n) is 7.38. The van der Waals surface area contributed by atoms with Crippen LogP contribution in [0, 0.1) is 19.8 Å². The molecule has 13 heteroatoms. The van der Waals surface area contributed by atoms with Crippen molar-refractivity contribution in [2.24, 2.45) is 5.92 Å². The van der Waals surface area contributed by atoms with Gasteiger partial charge in [-0.1, -0.05) is 55.7 Å². The molecule has 2 aromatic carbocycles. The second-order valence-corrected chi connectivity index (χ2v) is 11.9. The molecule has 1 heterocycles. The maximum Gasteiger partial charge on any atom is 0.435 e. The van der Waals surface area contributed by atoms with Crippen molar-refractivity contribution in [2.45, 2.75) is 80.5 Å². The maximum atomic E-state index is 13.3. The number of benzene rings is 2. The first-order valence-corrected chi connectivity index (χ1v) is 14.5. The molecular weight excluding hydrogens is 591 g/mol. The molecule has 0 bridgehead atoms. The molecule has 1 aliphatic carbocycles. The van der Waals surface area contributed by atoms with Crippen molar-refractivity contribution >= 4 is 23.2 Å². The zero-order valence-electron chi connectivity index (χ0n) is 23.2. The Kier molecular flexibility index (Phi) is 12.6. The summed E-state index contributed by atoms with van der Waals surface area (Å²) in [4.78, 5) is 23.9. The van der Waals surface area contributed by atoms with E-state index in [9.17, 15) is 39.7 Å². The lowest BCUT2D eigenvalue weighted by Gasteiger charge is -2.30. The Morgan fingerprint density at radius 3 is 1.93 bits per heavy atom. The Morgan fingerprint density at radius 1 is 0.881 bits per heavy atom. The van der Waals surface area contributed by atoms with Gasteiger partial charge in [-0.15, -0.1) is 0 Å². The van der Waals surface area contributed by atoms with Gasteiger partial charge in [0.05, 0.1) is 16.0 Å². The highest BCUT2D eigenvalue weighted by molar-refractivity contribution is 7.85. The summed E-state index contributed by atoms with van der Waals surface area (Å²) in [7, 11) is -1.01. The molecule has 2 unspecified atom stereocenters. The van der Waals surface area contributed by atoms with Gasteiger partial charge in [0, 0.05) is 29.5 Å². The molecule has 0 aromatic heterocycles. The third-order valence-corrected chi connectivity index (χ3v) is 9.09. The molecule has 2 fully saturated rings. The highest BCUT2D eigenvalue weighted by atomic mass is 32.2. The van der Waals surface area contributed by atoms with Crippen LogP contribution in [0.15, 0.2) is 53.4 Å². The predicted octanol–water partition coefficient (Wildman–Crippen LogP) is 7.27. The quantitative estimate of drug-likeness (QED) is 0.287. The Morgan fingerprint density at radius 2 is 1.43 bits per heavy atom. The summed E-state index contributed by atoms with van der Waals surface area (Å²) in [6.07, 6.45) is -5.52. The molecule has 0 spiro atoms. The number of likely N-dealkylation sites (tertiary alicyclic amines) is 1. The number of hydrogen-bond acceptors (Lipinski definition) is 3. The number of alkyl halides is 7. The van der Waals surface area contributed by atoms with Crippen molar-refractivity contribution in [1.82, 2.24) is 4.90 Å². The zero-order chi connectivity index (χ0) is 31.7. The van der Waals surface area contributed by atoms with Crippen LogP contribution in [0.1, 0.15) is 55.2 Å². The maximum absolute atomic E-state index is 13.3. The topological polar surface area (TPSA) is 74.7 Å². The van der Waals surface area contributed by atoms with Gasteiger partial charge in [0.2, 0.25) is 5.91 Å². The van der Waals surface area contributed by atoms with E-state index >= 15 is 0 Å². The van der Waals surface area contributed by atoms with E-state index in [1.165, 1.54) is 36.5 Å². The fraction of sp³-hybridized carbons (Fsp3) is 0.517. The molecule has 1 saturated heterocycles. The van der Waals surface area contributed by atoms with E-state index in [4.69, 9.17) is 9.90 Å². The van der Waals surface area contributed by atoms with Crippen molar-refractivity contribution in [3.8, 4) is 0 Å². The lowest BCUT2D eigenvalue weighted by molar-refractivity contribution is -0.348. The number of carbonyl (C=O) groups is 2. The van der Waals surface area contributed by atoms with Gasteiger partial charge in [-0.25, -0.2) is 4.39 Å². The van der Waals surface area contributed by atoms with Crippen LogP contribution in [0.5, 0.6) is 0 Å². The molecule has 234 valence electrons. The predicted molar refractivity (Wildman–Crippen MR) is 144 cm³/mol. The molecular formula is C29H34F7NO4S. The minimum absolute atomic E-state index is 0.0876. The summed E-state index contributed by atoms with van der Waals surface area (Å²) in [5.74, 6) is 0.529. The second kappa shape index (κ2) is 15.0. The van der Waals surface area contributed by atoms with Gasteiger partial charge in [-0.2, -0.15) is 26.3 Å². The number of halogens is 7. The Balaban J connectivity index is 0.000000284. The highest BCUT2D eigenvalue weighted by Gasteiger charge is 2.73.